The molecule has 3 rings (SSSR count). The number of benzene rings is 2. The first-order valence-electron chi connectivity index (χ1n) is 8.05. The number of para-hydroxylation sites is 1. The molecule has 1 aromatic heterocycles. The minimum absolute atomic E-state index is 0.172. The molecule has 0 saturated heterocycles. The van der Waals surface area contributed by atoms with E-state index in [4.69, 9.17) is 4.84 Å². The number of aromatic nitrogens is 1. The number of hydroxylamine groups is 1. The molecule has 0 radical (unpaired) electrons. The number of rotatable bonds is 5. The summed E-state index contributed by atoms with van der Waals surface area (Å²) in [7, 11) is 0. The normalized spacial score (nSPS) is 10.8. The van der Waals surface area contributed by atoms with Crippen molar-refractivity contribution in [2.45, 2.75) is 20.3 Å². The molecule has 2 aromatic carbocycles. The van der Waals surface area contributed by atoms with Gasteiger partial charge in [-0.25, -0.2) is 5.48 Å². The molecule has 0 fully saturated rings. The van der Waals surface area contributed by atoms with Crippen LogP contribution in [0, 0.1) is 6.92 Å². The van der Waals surface area contributed by atoms with Crippen molar-refractivity contribution in [3.05, 3.63) is 65.9 Å². The summed E-state index contributed by atoms with van der Waals surface area (Å²) in [6.07, 6.45) is 0.230. The predicted molar refractivity (Wildman–Crippen MR) is 95.4 cm³/mol. The lowest BCUT2D eigenvalue weighted by Crippen LogP contribution is -2.26. The Labute approximate surface area is 141 Å². The van der Waals surface area contributed by atoms with Gasteiger partial charge in [0.15, 0.2) is 0 Å². The number of aryl methyl sites for hydroxylation is 1. The van der Waals surface area contributed by atoms with Gasteiger partial charge in [-0.05, 0) is 36.6 Å². The maximum atomic E-state index is 12.2. The maximum absolute atomic E-state index is 12.2. The molecular weight excluding hydrogens is 300 g/mol. The fourth-order valence-electron chi connectivity index (χ4n) is 2.87. The van der Waals surface area contributed by atoms with E-state index in [2.05, 4.69) is 22.6 Å². The number of amides is 1. The van der Waals surface area contributed by atoms with Crippen molar-refractivity contribution < 1.29 is 9.63 Å². The number of pyridine rings is 1. The summed E-state index contributed by atoms with van der Waals surface area (Å²) in [5.41, 5.74) is 7.33. The number of carbonyl (C=O) groups is 1. The summed E-state index contributed by atoms with van der Waals surface area (Å²) >= 11 is 0. The lowest BCUT2D eigenvalue weighted by atomic mass is 9.92. The van der Waals surface area contributed by atoms with Gasteiger partial charge in [0, 0.05) is 11.1 Å². The lowest BCUT2D eigenvalue weighted by Gasteiger charge is -2.16. The Bertz CT molecular complexity index is 860. The first kappa shape index (κ1) is 16.1. The quantitative estimate of drug-likeness (QED) is 0.727. The van der Waals surface area contributed by atoms with Gasteiger partial charge in [-0.2, -0.15) is 0 Å². The van der Waals surface area contributed by atoms with Gasteiger partial charge >= 0.3 is 0 Å². The highest BCUT2D eigenvalue weighted by Gasteiger charge is 2.17. The third kappa shape index (κ3) is 3.29. The second-order valence-electron chi connectivity index (χ2n) is 5.57. The fourth-order valence-corrected chi connectivity index (χ4v) is 2.87. The number of hydrogen-bond acceptors (Lipinski definition) is 3. The van der Waals surface area contributed by atoms with Crippen molar-refractivity contribution in [2.24, 2.45) is 0 Å². The SMILES string of the molecule is CCONC(=O)Cc1c(C)nc2ccccc2c1-c1ccccc1. The average molecular weight is 320 g/mol. The zero-order valence-electron chi connectivity index (χ0n) is 13.9. The fraction of sp³-hybridized carbons (Fsp3) is 0.200. The number of nitrogens with zero attached hydrogens (tertiary/aromatic N) is 1. The average Bonchev–Trinajstić information content (AvgIpc) is 2.61. The smallest absolute Gasteiger partial charge is 0.248 e. The highest BCUT2D eigenvalue weighted by Crippen LogP contribution is 2.33. The van der Waals surface area contributed by atoms with Crippen LogP contribution in [0.25, 0.3) is 22.0 Å². The Morgan fingerprint density at radius 1 is 1.08 bits per heavy atom. The summed E-state index contributed by atoms with van der Waals surface area (Å²) < 4.78 is 0. The van der Waals surface area contributed by atoms with Gasteiger partial charge in [-0.3, -0.25) is 14.6 Å². The van der Waals surface area contributed by atoms with Crippen molar-refractivity contribution in [3.63, 3.8) is 0 Å². The summed E-state index contributed by atoms with van der Waals surface area (Å²) in [4.78, 5) is 21.9. The molecule has 0 spiro atoms. The minimum atomic E-state index is -0.172. The first-order valence-corrected chi connectivity index (χ1v) is 8.05. The van der Waals surface area contributed by atoms with Crippen LogP contribution in [0.3, 0.4) is 0 Å². The minimum Gasteiger partial charge on any atom is -0.274 e. The number of nitrogens with one attached hydrogen (secondary N) is 1. The Hall–Kier alpha value is -2.72. The zero-order chi connectivity index (χ0) is 16.9. The molecule has 3 aromatic rings. The monoisotopic (exact) mass is 320 g/mol. The zero-order valence-corrected chi connectivity index (χ0v) is 13.9. The Morgan fingerprint density at radius 3 is 2.54 bits per heavy atom. The number of hydrogen-bond donors (Lipinski definition) is 1. The van der Waals surface area contributed by atoms with E-state index in [9.17, 15) is 4.79 Å². The van der Waals surface area contributed by atoms with E-state index in [1.165, 1.54) is 0 Å². The van der Waals surface area contributed by atoms with Gasteiger partial charge in [-0.15, -0.1) is 0 Å². The molecule has 4 heteroatoms. The van der Waals surface area contributed by atoms with Gasteiger partial charge in [0.1, 0.15) is 0 Å². The molecule has 1 N–H and O–H groups in total. The van der Waals surface area contributed by atoms with E-state index in [0.29, 0.717) is 6.61 Å². The predicted octanol–water partition coefficient (Wildman–Crippen LogP) is 3.82. The van der Waals surface area contributed by atoms with E-state index in [0.717, 1.165) is 33.3 Å². The molecular formula is C20H20N2O2. The molecule has 122 valence electrons. The van der Waals surface area contributed by atoms with Gasteiger partial charge in [0.25, 0.3) is 0 Å². The molecule has 1 heterocycles. The van der Waals surface area contributed by atoms with Gasteiger partial charge in [0.2, 0.25) is 5.91 Å². The van der Waals surface area contributed by atoms with Crippen molar-refractivity contribution in [2.75, 3.05) is 6.61 Å². The molecule has 0 saturated carbocycles. The van der Waals surface area contributed by atoms with Crippen LogP contribution in [0.1, 0.15) is 18.2 Å². The van der Waals surface area contributed by atoms with Crippen molar-refractivity contribution >= 4 is 16.8 Å². The maximum Gasteiger partial charge on any atom is 0.248 e. The van der Waals surface area contributed by atoms with Crippen molar-refractivity contribution in [3.8, 4) is 11.1 Å². The lowest BCUT2D eigenvalue weighted by molar-refractivity contribution is -0.132. The summed E-state index contributed by atoms with van der Waals surface area (Å²) in [5.74, 6) is -0.172. The topological polar surface area (TPSA) is 51.2 Å². The molecule has 0 aliphatic carbocycles. The second-order valence-corrected chi connectivity index (χ2v) is 5.57. The largest absolute Gasteiger partial charge is 0.274 e. The van der Waals surface area contributed by atoms with E-state index in [1.54, 1.807) is 0 Å². The second kappa shape index (κ2) is 7.23. The Kier molecular flexibility index (Phi) is 4.87. The van der Waals surface area contributed by atoms with Crippen LogP contribution in [0.5, 0.6) is 0 Å². The highest BCUT2D eigenvalue weighted by atomic mass is 16.6. The third-order valence-corrected chi connectivity index (χ3v) is 3.93. The van der Waals surface area contributed by atoms with Crippen LogP contribution in [0.2, 0.25) is 0 Å². The van der Waals surface area contributed by atoms with Crippen LogP contribution in [0.15, 0.2) is 54.6 Å². The van der Waals surface area contributed by atoms with E-state index >= 15 is 0 Å². The summed E-state index contributed by atoms with van der Waals surface area (Å²) in [5, 5.41) is 1.05. The number of carbonyl (C=O) groups excluding carboxylic acids is 1. The molecule has 1 amide bonds. The van der Waals surface area contributed by atoms with Crippen LogP contribution in [-0.4, -0.2) is 17.5 Å². The Balaban J connectivity index is 2.16. The first-order chi connectivity index (χ1) is 11.7. The molecule has 0 atom stereocenters. The van der Waals surface area contributed by atoms with E-state index in [1.807, 2.05) is 56.3 Å². The van der Waals surface area contributed by atoms with Gasteiger partial charge in [-0.1, -0.05) is 48.5 Å². The van der Waals surface area contributed by atoms with Crippen molar-refractivity contribution in [1.82, 2.24) is 10.5 Å². The van der Waals surface area contributed by atoms with Crippen LogP contribution >= 0.6 is 0 Å². The molecule has 4 nitrogen and oxygen atoms in total. The Morgan fingerprint density at radius 2 is 1.79 bits per heavy atom. The van der Waals surface area contributed by atoms with Crippen LogP contribution < -0.4 is 5.48 Å². The molecule has 0 bridgehead atoms. The molecule has 24 heavy (non-hydrogen) atoms. The number of fused-ring (bicyclic) bond motifs is 1. The third-order valence-electron chi connectivity index (χ3n) is 3.93. The van der Waals surface area contributed by atoms with Crippen LogP contribution in [-0.2, 0) is 16.1 Å². The van der Waals surface area contributed by atoms with Crippen LogP contribution in [0.4, 0.5) is 0 Å². The molecule has 0 aliphatic heterocycles. The van der Waals surface area contributed by atoms with E-state index in [-0.39, 0.29) is 12.3 Å². The van der Waals surface area contributed by atoms with E-state index < -0.39 is 0 Å². The summed E-state index contributed by atoms with van der Waals surface area (Å²) in [6.45, 7) is 4.22. The highest BCUT2D eigenvalue weighted by molar-refractivity contribution is 5.98. The van der Waals surface area contributed by atoms with Crippen molar-refractivity contribution in [1.29, 1.82) is 0 Å². The van der Waals surface area contributed by atoms with Gasteiger partial charge < -0.3 is 0 Å². The molecule has 0 unspecified atom stereocenters. The summed E-state index contributed by atoms with van der Waals surface area (Å²) in [6, 6.07) is 18.1. The molecule has 0 aliphatic rings. The van der Waals surface area contributed by atoms with Gasteiger partial charge in [0.05, 0.1) is 18.5 Å². The standard InChI is InChI=1S/C20H20N2O2/c1-3-24-22-19(23)13-17-14(2)21-18-12-8-7-11-16(18)20(17)15-9-5-4-6-10-15/h4-12H,3,13H2,1-2H3,(H,22,23).